The first-order valence-corrected chi connectivity index (χ1v) is 6.18. The summed E-state index contributed by atoms with van der Waals surface area (Å²) in [7, 11) is 0. The zero-order valence-electron chi connectivity index (χ0n) is 10.6. The van der Waals surface area contributed by atoms with Gasteiger partial charge in [0.2, 0.25) is 0 Å². The van der Waals surface area contributed by atoms with Crippen molar-refractivity contribution in [3.63, 3.8) is 0 Å². The molecule has 1 N–H and O–H groups in total. The third kappa shape index (κ3) is 4.31. The van der Waals surface area contributed by atoms with E-state index in [4.69, 9.17) is 0 Å². The summed E-state index contributed by atoms with van der Waals surface area (Å²) in [5.41, 5.74) is 0. The molecule has 0 amide bonds. The molecule has 1 rings (SSSR count). The van der Waals surface area contributed by atoms with Crippen molar-refractivity contribution in [2.75, 3.05) is 0 Å². The van der Waals surface area contributed by atoms with E-state index in [1.54, 1.807) is 6.33 Å². The Bertz CT molecular complexity index is 296. The van der Waals surface area contributed by atoms with Gasteiger partial charge in [0.1, 0.15) is 12.2 Å². The molecule has 0 bridgehead atoms. The third-order valence-corrected chi connectivity index (χ3v) is 2.58. The first-order chi connectivity index (χ1) is 7.63. The van der Waals surface area contributed by atoms with Gasteiger partial charge >= 0.3 is 0 Å². The highest BCUT2D eigenvalue weighted by molar-refractivity contribution is 4.85. The lowest BCUT2D eigenvalue weighted by atomic mass is 10.0. The molecule has 92 valence electrons. The average Bonchev–Trinajstić information content (AvgIpc) is 2.62. The summed E-state index contributed by atoms with van der Waals surface area (Å²) in [5, 5.41) is 14.0. The Morgan fingerprint density at radius 3 is 2.81 bits per heavy atom. The van der Waals surface area contributed by atoms with E-state index in [2.05, 4.69) is 30.9 Å². The maximum Gasteiger partial charge on any atom is 0.138 e. The SMILES string of the molecule is CCCn1ncnc1CCC(O)CC(C)C. The van der Waals surface area contributed by atoms with Crippen LogP contribution < -0.4 is 0 Å². The highest BCUT2D eigenvalue weighted by Crippen LogP contribution is 2.10. The van der Waals surface area contributed by atoms with Crippen molar-refractivity contribution in [2.24, 2.45) is 5.92 Å². The van der Waals surface area contributed by atoms with Crippen molar-refractivity contribution in [3.05, 3.63) is 12.2 Å². The summed E-state index contributed by atoms with van der Waals surface area (Å²) in [5.74, 6) is 1.54. The average molecular weight is 225 g/mol. The Balaban J connectivity index is 2.38. The van der Waals surface area contributed by atoms with E-state index in [-0.39, 0.29) is 6.10 Å². The van der Waals surface area contributed by atoms with Gasteiger partial charge < -0.3 is 5.11 Å². The van der Waals surface area contributed by atoms with E-state index < -0.39 is 0 Å². The predicted molar refractivity (Wildman–Crippen MR) is 64.1 cm³/mol. The summed E-state index contributed by atoms with van der Waals surface area (Å²) in [6.45, 7) is 7.29. The van der Waals surface area contributed by atoms with Crippen LogP contribution in [0.1, 0.15) is 45.9 Å². The number of aromatic nitrogens is 3. The summed E-state index contributed by atoms with van der Waals surface area (Å²) in [6, 6.07) is 0. The monoisotopic (exact) mass is 225 g/mol. The first kappa shape index (κ1) is 13.2. The van der Waals surface area contributed by atoms with Gasteiger partial charge in [-0.3, -0.25) is 4.68 Å². The van der Waals surface area contributed by atoms with Crippen LogP contribution >= 0.6 is 0 Å². The molecule has 0 saturated carbocycles. The van der Waals surface area contributed by atoms with Crippen LogP contribution in [0.3, 0.4) is 0 Å². The molecule has 16 heavy (non-hydrogen) atoms. The first-order valence-electron chi connectivity index (χ1n) is 6.18. The third-order valence-electron chi connectivity index (χ3n) is 2.58. The van der Waals surface area contributed by atoms with Gasteiger partial charge in [0.25, 0.3) is 0 Å². The largest absolute Gasteiger partial charge is 0.393 e. The van der Waals surface area contributed by atoms with Crippen LogP contribution in [0.25, 0.3) is 0 Å². The van der Waals surface area contributed by atoms with E-state index in [0.29, 0.717) is 5.92 Å². The quantitative estimate of drug-likeness (QED) is 0.772. The predicted octanol–water partition coefficient (Wildman–Crippen LogP) is 2.03. The minimum Gasteiger partial charge on any atom is -0.393 e. The lowest BCUT2D eigenvalue weighted by molar-refractivity contribution is 0.138. The van der Waals surface area contributed by atoms with Crippen molar-refractivity contribution in [1.82, 2.24) is 14.8 Å². The number of hydrogen-bond acceptors (Lipinski definition) is 3. The van der Waals surface area contributed by atoms with E-state index in [1.807, 2.05) is 4.68 Å². The van der Waals surface area contributed by atoms with Crippen LogP contribution in [0.4, 0.5) is 0 Å². The molecule has 0 aliphatic rings. The second kappa shape index (κ2) is 6.63. The molecular formula is C12H23N3O. The Morgan fingerprint density at radius 2 is 2.19 bits per heavy atom. The number of hydrogen-bond donors (Lipinski definition) is 1. The molecule has 1 aromatic heterocycles. The number of nitrogens with zero attached hydrogens (tertiary/aromatic N) is 3. The fourth-order valence-corrected chi connectivity index (χ4v) is 1.84. The van der Waals surface area contributed by atoms with Gasteiger partial charge in [0, 0.05) is 13.0 Å². The molecule has 0 aliphatic carbocycles. The minimum absolute atomic E-state index is 0.216. The Kier molecular flexibility index (Phi) is 5.46. The Morgan fingerprint density at radius 1 is 1.44 bits per heavy atom. The van der Waals surface area contributed by atoms with Crippen LogP contribution in [0.2, 0.25) is 0 Å². The minimum atomic E-state index is -0.216. The van der Waals surface area contributed by atoms with Crippen molar-refractivity contribution in [3.8, 4) is 0 Å². The molecule has 1 heterocycles. The van der Waals surface area contributed by atoms with Crippen molar-refractivity contribution < 1.29 is 5.11 Å². The lowest BCUT2D eigenvalue weighted by Gasteiger charge is -2.12. The van der Waals surface area contributed by atoms with Crippen LogP contribution in [-0.4, -0.2) is 26.0 Å². The molecule has 1 unspecified atom stereocenters. The lowest BCUT2D eigenvalue weighted by Crippen LogP contribution is -2.13. The zero-order chi connectivity index (χ0) is 12.0. The molecule has 1 aromatic rings. The van der Waals surface area contributed by atoms with E-state index in [0.717, 1.165) is 38.1 Å². The van der Waals surface area contributed by atoms with E-state index in [9.17, 15) is 5.11 Å². The molecule has 0 aromatic carbocycles. The summed E-state index contributed by atoms with van der Waals surface area (Å²) < 4.78 is 1.93. The fraction of sp³-hybridized carbons (Fsp3) is 0.833. The Labute approximate surface area is 97.7 Å². The number of rotatable bonds is 7. The smallest absolute Gasteiger partial charge is 0.138 e. The van der Waals surface area contributed by atoms with Crippen LogP contribution in [0.5, 0.6) is 0 Å². The summed E-state index contributed by atoms with van der Waals surface area (Å²) >= 11 is 0. The van der Waals surface area contributed by atoms with Gasteiger partial charge in [-0.05, 0) is 25.2 Å². The van der Waals surface area contributed by atoms with Gasteiger partial charge in [-0.2, -0.15) is 5.10 Å². The van der Waals surface area contributed by atoms with Crippen molar-refractivity contribution in [2.45, 2.75) is 59.1 Å². The highest BCUT2D eigenvalue weighted by Gasteiger charge is 2.10. The highest BCUT2D eigenvalue weighted by atomic mass is 16.3. The fourth-order valence-electron chi connectivity index (χ4n) is 1.84. The van der Waals surface area contributed by atoms with Gasteiger partial charge in [0.05, 0.1) is 6.10 Å². The molecule has 0 spiro atoms. The normalized spacial score (nSPS) is 13.3. The molecular weight excluding hydrogens is 202 g/mol. The number of aliphatic hydroxyl groups excluding tert-OH is 1. The summed E-state index contributed by atoms with van der Waals surface area (Å²) in [4.78, 5) is 4.23. The van der Waals surface area contributed by atoms with Crippen LogP contribution in [0, 0.1) is 5.92 Å². The van der Waals surface area contributed by atoms with E-state index in [1.165, 1.54) is 0 Å². The standard InChI is InChI=1S/C12H23N3O/c1-4-7-15-12(13-9-14-15)6-5-11(16)8-10(2)3/h9-11,16H,4-8H2,1-3H3. The molecule has 4 heteroatoms. The Hall–Kier alpha value is -0.900. The second-order valence-corrected chi connectivity index (χ2v) is 4.72. The van der Waals surface area contributed by atoms with Gasteiger partial charge in [0.15, 0.2) is 0 Å². The van der Waals surface area contributed by atoms with Crippen molar-refractivity contribution >= 4 is 0 Å². The van der Waals surface area contributed by atoms with Gasteiger partial charge in [-0.25, -0.2) is 4.98 Å². The number of aryl methyl sites for hydroxylation is 2. The molecule has 0 aliphatic heterocycles. The summed E-state index contributed by atoms with van der Waals surface area (Å²) in [6.07, 6.45) is 4.90. The topological polar surface area (TPSA) is 50.9 Å². The molecule has 4 nitrogen and oxygen atoms in total. The maximum atomic E-state index is 9.78. The van der Waals surface area contributed by atoms with Gasteiger partial charge in [-0.1, -0.05) is 20.8 Å². The second-order valence-electron chi connectivity index (χ2n) is 4.72. The van der Waals surface area contributed by atoms with Crippen LogP contribution in [-0.2, 0) is 13.0 Å². The molecule has 0 saturated heterocycles. The van der Waals surface area contributed by atoms with E-state index >= 15 is 0 Å². The van der Waals surface area contributed by atoms with Crippen LogP contribution in [0.15, 0.2) is 6.33 Å². The molecule has 1 atom stereocenters. The van der Waals surface area contributed by atoms with Gasteiger partial charge in [-0.15, -0.1) is 0 Å². The number of aliphatic hydroxyl groups is 1. The molecule has 0 radical (unpaired) electrons. The molecule has 0 fully saturated rings. The van der Waals surface area contributed by atoms with Crippen molar-refractivity contribution in [1.29, 1.82) is 0 Å². The zero-order valence-corrected chi connectivity index (χ0v) is 10.6. The maximum absolute atomic E-state index is 9.78.